The number of carbonyl (C=O) groups is 1. The summed E-state index contributed by atoms with van der Waals surface area (Å²) in [6.45, 7) is 1.49. The lowest BCUT2D eigenvalue weighted by atomic mass is 10.0. The molecule has 0 aliphatic rings. The second-order valence-corrected chi connectivity index (χ2v) is 7.03. The molecule has 0 saturated carbocycles. The maximum atomic E-state index is 12.3. The first-order valence-corrected chi connectivity index (χ1v) is 10.2. The molecule has 1 atom stereocenters. The molecule has 0 spiro atoms. The van der Waals surface area contributed by atoms with Crippen molar-refractivity contribution in [3.63, 3.8) is 0 Å². The predicted octanol–water partition coefficient (Wildman–Crippen LogP) is 4.44. The lowest BCUT2D eigenvalue weighted by Gasteiger charge is -2.25. The van der Waals surface area contributed by atoms with Crippen LogP contribution in [0.2, 0.25) is 0 Å². The lowest BCUT2D eigenvalue weighted by Crippen LogP contribution is -2.34. The SMILES string of the molecule is COc1ccc(CC(N)C(=O)OCc2ccccc2)cc1N(CCCl)CCCl.Cl.Cl. The van der Waals surface area contributed by atoms with E-state index in [-0.39, 0.29) is 31.4 Å². The second kappa shape index (κ2) is 15.4. The number of anilines is 1. The molecule has 0 radical (unpaired) electrons. The Labute approximate surface area is 200 Å². The summed E-state index contributed by atoms with van der Waals surface area (Å²) in [4.78, 5) is 14.3. The van der Waals surface area contributed by atoms with Crippen molar-refractivity contribution < 1.29 is 14.3 Å². The molecule has 0 saturated heterocycles. The maximum Gasteiger partial charge on any atom is 0.323 e. The Morgan fingerprint density at radius 2 is 1.67 bits per heavy atom. The van der Waals surface area contributed by atoms with E-state index in [0.29, 0.717) is 31.3 Å². The standard InChI is InChI=1S/C21H26Cl2N2O3.2ClH/c1-27-20-8-7-17(14-19(20)25(11-9-22)12-10-23)13-18(24)21(26)28-15-16-5-3-2-4-6-16;;/h2-8,14,18H,9-13,15,24H2,1H3;2*1H. The molecule has 2 rings (SSSR count). The highest BCUT2D eigenvalue weighted by molar-refractivity contribution is 6.18. The number of nitrogens with zero attached hydrogens (tertiary/aromatic N) is 1. The zero-order chi connectivity index (χ0) is 20.4. The van der Waals surface area contributed by atoms with Gasteiger partial charge in [0.15, 0.2) is 0 Å². The number of methoxy groups -OCH3 is 1. The van der Waals surface area contributed by atoms with Crippen molar-refractivity contribution in [1.82, 2.24) is 0 Å². The smallest absolute Gasteiger partial charge is 0.323 e. The Balaban J connectivity index is 0.00000420. The fraction of sp³-hybridized carbons (Fsp3) is 0.381. The third kappa shape index (κ3) is 8.78. The summed E-state index contributed by atoms with van der Waals surface area (Å²) in [7, 11) is 1.62. The van der Waals surface area contributed by atoms with Crippen LogP contribution in [-0.4, -0.2) is 44.0 Å². The molecule has 0 aromatic heterocycles. The van der Waals surface area contributed by atoms with Gasteiger partial charge in [-0.2, -0.15) is 0 Å². The Morgan fingerprint density at radius 1 is 1.03 bits per heavy atom. The molecule has 2 N–H and O–H groups in total. The van der Waals surface area contributed by atoms with E-state index >= 15 is 0 Å². The summed E-state index contributed by atoms with van der Waals surface area (Å²) in [5.41, 5.74) is 8.78. The van der Waals surface area contributed by atoms with Crippen molar-refractivity contribution in [3.05, 3.63) is 59.7 Å². The molecule has 0 fully saturated rings. The molecule has 0 aliphatic heterocycles. The van der Waals surface area contributed by atoms with E-state index in [1.165, 1.54) is 0 Å². The van der Waals surface area contributed by atoms with E-state index in [0.717, 1.165) is 22.6 Å². The minimum Gasteiger partial charge on any atom is -0.495 e. The lowest BCUT2D eigenvalue weighted by molar-refractivity contribution is -0.146. The maximum absolute atomic E-state index is 12.3. The molecule has 30 heavy (non-hydrogen) atoms. The number of ether oxygens (including phenoxy) is 2. The summed E-state index contributed by atoms with van der Waals surface area (Å²) in [6, 6.07) is 14.5. The molecule has 9 heteroatoms. The summed E-state index contributed by atoms with van der Waals surface area (Å²) in [5.74, 6) is 1.23. The summed E-state index contributed by atoms with van der Waals surface area (Å²) < 4.78 is 10.8. The Bertz CT molecular complexity index is 744. The van der Waals surface area contributed by atoms with Crippen molar-refractivity contribution in [1.29, 1.82) is 0 Å². The average Bonchev–Trinajstić information content (AvgIpc) is 2.72. The number of alkyl halides is 2. The number of esters is 1. The van der Waals surface area contributed by atoms with Gasteiger partial charge in [0, 0.05) is 24.8 Å². The van der Waals surface area contributed by atoms with Crippen molar-refractivity contribution >= 4 is 59.7 Å². The predicted molar refractivity (Wildman–Crippen MR) is 129 cm³/mol. The molecule has 2 aromatic rings. The Morgan fingerprint density at radius 3 is 2.23 bits per heavy atom. The van der Waals surface area contributed by atoms with Gasteiger partial charge < -0.3 is 20.1 Å². The van der Waals surface area contributed by atoms with Crippen LogP contribution < -0.4 is 15.4 Å². The highest BCUT2D eigenvalue weighted by Crippen LogP contribution is 2.30. The molecule has 5 nitrogen and oxygen atoms in total. The van der Waals surface area contributed by atoms with Crippen LogP contribution in [0.1, 0.15) is 11.1 Å². The fourth-order valence-electron chi connectivity index (χ4n) is 2.84. The van der Waals surface area contributed by atoms with Crippen LogP contribution in [0.15, 0.2) is 48.5 Å². The molecule has 1 unspecified atom stereocenters. The first-order valence-electron chi connectivity index (χ1n) is 9.09. The minimum atomic E-state index is -0.750. The molecule has 168 valence electrons. The van der Waals surface area contributed by atoms with Crippen LogP contribution in [-0.2, 0) is 22.6 Å². The highest BCUT2D eigenvalue weighted by Gasteiger charge is 2.18. The van der Waals surface area contributed by atoms with E-state index in [1.54, 1.807) is 7.11 Å². The van der Waals surface area contributed by atoms with Gasteiger partial charge >= 0.3 is 5.97 Å². The normalized spacial score (nSPS) is 10.9. The van der Waals surface area contributed by atoms with Gasteiger partial charge in [0.1, 0.15) is 18.4 Å². The fourth-order valence-corrected chi connectivity index (χ4v) is 3.25. The summed E-state index contributed by atoms with van der Waals surface area (Å²) in [6.07, 6.45) is 0.361. The van der Waals surface area contributed by atoms with Crippen molar-refractivity contribution in [3.8, 4) is 5.75 Å². The van der Waals surface area contributed by atoms with Gasteiger partial charge in [0.05, 0.1) is 12.8 Å². The third-order valence-corrected chi connectivity index (χ3v) is 4.61. The van der Waals surface area contributed by atoms with Gasteiger partial charge in [-0.25, -0.2) is 0 Å². The van der Waals surface area contributed by atoms with E-state index in [2.05, 4.69) is 4.90 Å². The summed E-state index contributed by atoms with van der Waals surface area (Å²) >= 11 is 11.8. The third-order valence-electron chi connectivity index (χ3n) is 4.28. The molecule has 0 amide bonds. The molecule has 2 aromatic carbocycles. The van der Waals surface area contributed by atoms with E-state index in [9.17, 15) is 4.79 Å². The van der Waals surface area contributed by atoms with E-state index < -0.39 is 12.0 Å². The monoisotopic (exact) mass is 496 g/mol. The number of benzene rings is 2. The molecular weight excluding hydrogens is 470 g/mol. The second-order valence-electron chi connectivity index (χ2n) is 6.28. The number of hydrogen-bond acceptors (Lipinski definition) is 5. The van der Waals surface area contributed by atoms with Gasteiger partial charge in [0.2, 0.25) is 0 Å². The molecule has 0 bridgehead atoms. The first-order chi connectivity index (χ1) is 13.6. The number of hydrogen-bond donors (Lipinski definition) is 1. The number of rotatable bonds is 11. The molecular formula is C21H28Cl4N2O3. The van der Waals surface area contributed by atoms with Gasteiger partial charge in [-0.05, 0) is 29.7 Å². The van der Waals surface area contributed by atoms with Gasteiger partial charge in [-0.1, -0.05) is 36.4 Å². The van der Waals surface area contributed by atoms with Crippen molar-refractivity contribution in [2.75, 3.05) is 36.9 Å². The van der Waals surface area contributed by atoms with E-state index in [4.69, 9.17) is 38.4 Å². The van der Waals surface area contributed by atoms with Gasteiger partial charge in [-0.3, -0.25) is 4.79 Å². The van der Waals surface area contributed by atoms with Crippen LogP contribution in [0.3, 0.4) is 0 Å². The summed E-state index contributed by atoms with van der Waals surface area (Å²) in [5, 5.41) is 0. The van der Waals surface area contributed by atoms with Crippen LogP contribution in [0.25, 0.3) is 0 Å². The minimum absolute atomic E-state index is 0. The van der Waals surface area contributed by atoms with Crippen LogP contribution >= 0.6 is 48.0 Å². The molecule has 0 heterocycles. The molecule has 0 aliphatic carbocycles. The number of nitrogens with two attached hydrogens (primary N) is 1. The topological polar surface area (TPSA) is 64.8 Å². The largest absolute Gasteiger partial charge is 0.495 e. The quantitative estimate of drug-likeness (QED) is 0.367. The zero-order valence-corrected chi connectivity index (χ0v) is 19.9. The highest BCUT2D eigenvalue weighted by atomic mass is 35.5. The zero-order valence-electron chi connectivity index (χ0n) is 16.8. The van der Waals surface area contributed by atoms with Crippen LogP contribution in [0.4, 0.5) is 5.69 Å². The van der Waals surface area contributed by atoms with E-state index in [1.807, 2.05) is 48.5 Å². The van der Waals surface area contributed by atoms with Crippen LogP contribution in [0.5, 0.6) is 5.75 Å². The van der Waals surface area contributed by atoms with Crippen molar-refractivity contribution in [2.24, 2.45) is 5.73 Å². The first kappa shape index (κ1) is 28.6. The van der Waals surface area contributed by atoms with Crippen LogP contribution in [0, 0.1) is 0 Å². The number of carbonyl (C=O) groups excluding carboxylic acids is 1. The van der Waals surface area contributed by atoms with Gasteiger partial charge in [0.25, 0.3) is 0 Å². The average molecular weight is 498 g/mol. The van der Waals surface area contributed by atoms with Gasteiger partial charge in [-0.15, -0.1) is 48.0 Å². The van der Waals surface area contributed by atoms with Crippen molar-refractivity contribution in [2.45, 2.75) is 19.1 Å². The Hall–Kier alpha value is -1.37. The number of halogens is 4. The Kier molecular flexibility index (Phi) is 14.7.